The molecule has 5 heteroatoms. The van der Waals surface area contributed by atoms with Crippen molar-refractivity contribution in [3.63, 3.8) is 0 Å². The summed E-state index contributed by atoms with van der Waals surface area (Å²) in [5.41, 5.74) is 5.95. The molecule has 2 atom stereocenters. The molecular weight excluding hydrogens is 296 g/mol. The van der Waals surface area contributed by atoms with Crippen molar-refractivity contribution in [2.24, 2.45) is 5.73 Å². The first-order chi connectivity index (χ1) is 9.11. The largest absolute Gasteiger partial charge is 0.329 e. The molecule has 104 valence electrons. The van der Waals surface area contributed by atoms with Crippen molar-refractivity contribution in [2.45, 2.75) is 25.4 Å². The second-order valence-corrected chi connectivity index (χ2v) is 7.13. The van der Waals surface area contributed by atoms with Crippen LogP contribution in [0.5, 0.6) is 0 Å². The lowest BCUT2D eigenvalue weighted by Gasteiger charge is -2.31. The van der Waals surface area contributed by atoms with Gasteiger partial charge >= 0.3 is 0 Å². The van der Waals surface area contributed by atoms with Crippen molar-refractivity contribution in [2.75, 3.05) is 13.6 Å². The van der Waals surface area contributed by atoms with Crippen molar-refractivity contribution < 1.29 is 0 Å². The normalized spacial score (nSPS) is 14.8. The fraction of sp³-hybridized carbons (Fsp3) is 0.429. The lowest BCUT2D eigenvalue weighted by atomic mass is 10.1. The van der Waals surface area contributed by atoms with Gasteiger partial charge in [-0.15, -0.1) is 22.7 Å². The van der Waals surface area contributed by atoms with Gasteiger partial charge in [0.05, 0.1) is 11.1 Å². The highest BCUT2D eigenvalue weighted by Crippen LogP contribution is 2.29. The van der Waals surface area contributed by atoms with E-state index in [4.69, 9.17) is 17.3 Å². The summed E-state index contributed by atoms with van der Waals surface area (Å²) in [6, 6.07) is 7.01. The van der Waals surface area contributed by atoms with E-state index in [1.54, 1.807) is 11.3 Å². The van der Waals surface area contributed by atoms with Gasteiger partial charge in [0.2, 0.25) is 0 Å². The molecule has 0 saturated carbocycles. The Morgan fingerprint density at radius 3 is 2.74 bits per heavy atom. The van der Waals surface area contributed by atoms with Crippen molar-refractivity contribution in [3.05, 3.63) is 43.7 Å². The van der Waals surface area contributed by atoms with Crippen molar-refractivity contribution >= 4 is 34.3 Å². The number of halogens is 1. The van der Waals surface area contributed by atoms with E-state index in [-0.39, 0.29) is 6.04 Å². The van der Waals surface area contributed by atoms with Gasteiger partial charge in [0.25, 0.3) is 0 Å². The van der Waals surface area contributed by atoms with Gasteiger partial charge in [-0.05, 0) is 37.9 Å². The monoisotopic (exact) mass is 314 g/mol. The second-order valence-electron chi connectivity index (χ2n) is 4.72. The van der Waals surface area contributed by atoms with Crippen LogP contribution in [0, 0.1) is 0 Å². The Bertz CT molecular complexity index is 495. The lowest BCUT2D eigenvalue weighted by Crippen LogP contribution is -2.37. The third-order valence-corrected chi connectivity index (χ3v) is 5.68. The van der Waals surface area contributed by atoms with E-state index in [9.17, 15) is 0 Å². The molecule has 2 heterocycles. The summed E-state index contributed by atoms with van der Waals surface area (Å²) in [7, 11) is 2.14. The maximum absolute atomic E-state index is 6.01. The fourth-order valence-corrected chi connectivity index (χ4v) is 4.23. The fourth-order valence-electron chi connectivity index (χ4n) is 2.16. The Kier molecular flexibility index (Phi) is 5.42. The zero-order chi connectivity index (χ0) is 13.8. The first-order valence-electron chi connectivity index (χ1n) is 6.30. The predicted octanol–water partition coefficient (Wildman–Crippen LogP) is 4.03. The summed E-state index contributed by atoms with van der Waals surface area (Å²) < 4.78 is 0. The smallest absolute Gasteiger partial charge is 0.0564 e. The van der Waals surface area contributed by atoms with E-state index in [1.807, 2.05) is 22.8 Å². The Morgan fingerprint density at radius 1 is 1.42 bits per heavy atom. The number of likely N-dealkylation sites (N-methyl/N-ethyl adjacent to an activating group) is 1. The Balaban J connectivity index is 2.05. The molecule has 2 rings (SSSR count). The van der Waals surface area contributed by atoms with Crippen LogP contribution in [0.1, 0.15) is 22.7 Å². The molecule has 0 aliphatic carbocycles. The molecule has 0 spiro atoms. The van der Waals surface area contributed by atoms with Crippen LogP contribution >= 0.6 is 34.3 Å². The molecule has 0 radical (unpaired) electrons. The van der Waals surface area contributed by atoms with Crippen LogP contribution in [-0.4, -0.2) is 24.5 Å². The van der Waals surface area contributed by atoms with Gasteiger partial charge in [-0.2, -0.15) is 0 Å². The molecule has 0 amide bonds. The van der Waals surface area contributed by atoms with Gasteiger partial charge in [0.15, 0.2) is 0 Å². The molecular formula is C14H19ClN2S2. The zero-order valence-corrected chi connectivity index (χ0v) is 13.6. The number of rotatable bonds is 6. The summed E-state index contributed by atoms with van der Waals surface area (Å²) in [5.74, 6) is 0. The van der Waals surface area contributed by atoms with Gasteiger partial charge < -0.3 is 5.73 Å². The molecule has 2 aromatic heterocycles. The van der Waals surface area contributed by atoms with E-state index >= 15 is 0 Å². The van der Waals surface area contributed by atoms with Crippen LogP contribution in [0.2, 0.25) is 5.02 Å². The molecule has 2 nitrogen and oxygen atoms in total. The maximum Gasteiger partial charge on any atom is 0.0564 e. The first kappa shape index (κ1) is 15.0. The van der Waals surface area contributed by atoms with E-state index in [0.29, 0.717) is 12.6 Å². The van der Waals surface area contributed by atoms with Gasteiger partial charge in [0.1, 0.15) is 0 Å². The van der Waals surface area contributed by atoms with Crippen LogP contribution in [0.15, 0.2) is 29.0 Å². The topological polar surface area (TPSA) is 29.3 Å². The van der Waals surface area contributed by atoms with Gasteiger partial charge in [-0.3, -0.25) is 4.90 Å². The Morgan fingerprint density at radius 2 is 2.21 bits per heavy atom. The van der Waals surface area contributed by atoms with Crippen LogP contribution in [0.4, 0.5) is 0 Å². The number of hydrogen-bond donors (Lipinski definition) is 1. The molecule has 0 fully saturated rings. The van der Waals surface area contributed by atoms with Gasteiger partial charge in [0, 0.05) is 27.7 Å². The third kappa shape index (κ3) is 3.80. The lowest BCUT2D eigenvalue weighted by molar-refractivity contribution is 0.191. The molecule has 2 aromatic rings. The number of hydrogen-bond acceptors (Lipinski definition) is 4. The summed E-state index contributed by atoms with van der Waals surface area (Å²) in [6.07, 6.45) is 1.06. The van der Waals surface area contributed by atoms with E-state index < -0.39 is 0 Å². The van der Waals surface area contributed by atoms with Gasteiger partial charge in [-0.25, -0.2) is 0 Å². The molecule has 0 aliphatic rings. The van der Waals surface area contributed by atoms with Crippen LogP contribution in [-0.2, 0) is 6.42 Å². The quantitative estimate of drug-likeness (QED) is 0.872. The molecule has 0 saturated heterocycles. The third-order valence-electron chi connectivity index (χ3n) is 3.40. The highest BCUT2D eigenvalue weighted by atomic mass is 35.5. The van der Waals surface area contributed by atoms with E-state index in [0.717, 1.165) is 11.4 Å². The average Bonchev–Trinajstić information content (AvgIpc) is 3.02. The van der Waals surface area contributed by atoms with Crippen molar-refractivity contribution in [1.29, 1.82) is 0 Å². The maximum atomic E-state index is 6.01. The minimum Gasteiger partial charge on any atom is -0.329 e. The minimum atomic E-state index is 0.243. The molecule has 2 N–H and O–H groups in total. The Hall–Kier alpha value is -0.390. The molecule has 19 heavy (non-hydrogen) atoms. The molecule has 0 aliphatic heterocycles. The number of nitrogens with two attached hydrogens (primary N) is 1. The standard InChI is InChI=1S/C14H19ClN2S2/c1-10(6-12-4-3-5-18-12)17(2)13(8-16)14-7-11(15)9-19-14/h3-5,7,9-10,13H,6,8,16H2,1-2H3. The highest BCUT2D eigenvalue weighted by molar-refractivity contribution is 7.10. The second kappa shape index (κ2) is 6.86. The summed E-state index contributed by atoms with van der Waals surface area (Å²) in [5, 5.41) is 4.90. The zero-order valence-electron chi connectivity index (χ0n) is 11.2. The van der Waals surface area contributed by atoms with Crippen molar-refractivity contribution in [3.8, 4) is 0 Å². The molecule has 2 unspecified atom stereocenters. The average molecular weight is 315 g/mol. The van der Waals surface area contributed by atoms with E-state index in [2.05, 4.69) is 36.4 Å². The highest BCUT2D eigenvalue weighted by Gasteiger charge is 2.22. The van der Waals surface area contributed by atoms with E-state index in [1.165, 1.54) is 9.75 Å². The number of nitrogens with zero attached hydrogens (tertiary/aromatic N) is 1. The minimum absolute atomic E-state index is 0.243. The van der Waals surface area contributed by atoms with Crippen LogP contribution in [0.3, 0.4) is 0 Å². The van der Waals surface area contributed by atoms with Gasteiger partial charge in [-0.1, -0.05) is 17.7 Å². The van der Waals surface area contributed by atoms with Crippen LogP contribution < -0.4 is 5.73 Å². The summed E-state index contributed by atoms with van der Waals surface area (Å²) in [6.45, 7) is 2.86. The Labute approximate surface area is 127 Å². The SMILES string of the molecule is CC(Cc1cccs1)N(C)C(CN)c1cc(Cl)cs1. The number of thiophene rings is 2. The summed E-state index contributed by atoms with van der Waals surface area (Å²) >= 11 is 9.51. The summed E-state index contributed by atoms with van der Waals surface area (Å²) in [4.78, 5) is 5.01. The first-order valence-corrected chi connectivity index (χ1v) is 8.44. The predicted molar refractivity (Wildman–Crippen MR) is 86.4 cm³/mol. The van der Waals surface area contributed by atoms with Crippen LogP contribution in [0.25, 0.3) is 0 Å². The molecule has 0 bridgehead atoms. The van der Waals surface area contributed by atoms with Crippen molar-refractivity contribution in [1.82, 2.24) is 4.90 Å². The molecule has 0 aromatic carbocycles.